The van der Waals surface area contributed by atoms with Crippen molar-refractivity contribution in [2.75, 3.05) is 7.11 Å². The molecule has 5 heteroatoms. The Morgan fingerprint density at radius 2 is 1.88 bits per heavy atom. The van der Waals surface area contributed by atoms with Gasteiger partial charge >= 0.3 is 0 Å². The number of ether oxygens (including phenoxy) is 1. The molecule has 0 spiro atoms. The number of methoxy groups -OCH3 is 1. The van der Waals surface area contributed by atoms with Gasteiger partial charge in [-0.2, -0.15) is 0 Å². The Labute approximate surface area is 152 Å². The minimum Gasteiger partial charge on any atom is -0.503 e. The number of aliphatic hydroxyl groups is 1. The second-order valence-corrected chi connectivity index (χ2v) is 6.14. The third-order valence-corrected chi connectivity index (χ3v) is 4.53. The molecule has 1 amide bonds. The van der Waals surface area contributed by atoms with E-state index in [0.717, 1.165) is 11.1 Å². The summed E-state index contributed by atoms with van der Waals surface area (Å²) in [4.78, 5) is 26.7. The minimum absolute atomic E-state index is 0.173. The van der Waals surface area contributed by atoms with Gasteiger partial charge in [-0.15, -0.1) is 0 Å². The molecule has 0 aliphatic carbocycles. The van der Waals surface area contributed by atoms with E-state index in [2.05, 4.69) is 0 Å². The Hall–Kier alpha value is -3.08. The second-order valence-electron chi connectivity index (χ2n) is 6.14. The Kier molecular flexibility index (Phi) is 5.07. The van der Waals surface area contributed by atoms with E-state index in [1.165, 1.54) is 4.90 Å². The Morgan fingerprint density at radius 1 is 1.15 bits per heavy atom. The average Bonchev–Trinajstić information content (AvgIpc) is 2.93. The number of hydrogen-bond acceptors (Lipinski definition) is 4. The molecule has 1 N–H and O–H groups in total. The van der Waals surface area contributed by atoms with Crippen molar-refractivity contribution in [3.63, 3.8) is 0 Å². The molecule has 2 aromatic carbocycles. The van der Waals surface area contributed by atoms with Gasteiger partial charge in [0.05, 0.1) is 18.7 Å². The van der Waals surface area contributed by atoms with Crippen LogP contribution in [0.5, 0.6) is 5.75 Å². The van der Waals surface area contributed by atoms with E-state index in [1.54, 1.807) is 14.0 Å². The zero-order valence-corrected chi connectivity index (χ0v) is 14.8. The molecule has 0 radical (unpaired) electrons. The van der Waals surface area contributed by atoms with E-state index in [9.17, 15) is 14.7 Å². The van der Waals surface area contributed by atoms with Crippen molar-refractivity contribution in [2.45, 2.75) is 25.9 Å². The number of aliphatic hydroxyl groups excluding tert-OH is 1. The first-order valence-corrected chi connectivity index (χ1v) is 8.52. The highest BCUT2D eigenvalue weighted by Gasteiger charge is 2.42. The molecular formula is C21H21NO4. The van der Waals surface area contributed by atoms with Crippen molar-refractivity contribution < 1.29 is 19.4 Å². The number of rotatable bonds is 6. The summed E-state index contributed by atoms with van der Waals surface area (Å²) in [5, 5.41) is 10.4. The van der Waals surface area contributed by atoms with Crippen LogP contribution < -0.4 is 4.74 Å². The first-order chi connectivity index (χ1) is 12.6. The lowest BCUT2D eigenvalue weighted by Crippen LogP contribution is -2.30. The third kappa shape index (κ3) is 3.20. The van der Waals surface area contributed by atoms with Gasteiger partial charge in [-0.05, 0) is 23.3 Å². The maximum atomic E-state index is 12.7. The van der Waals surface area contributed by atoms with Gasteiger partial charge in [-0.3, -0.25) is 9.59 Å². The molecule has 1 aliphatic rings. The summed E-state index contributed by atoms with van der Waals surface area (Å²) >= 11 is 0. The minimum atomic E-state index is -0.595. The van der Waals surface area contributed by atoms with Crippen LogP contribution in [0.15, 0.2) is 65.9 Å². The molecule has 1 unspecified atom stereocenters. The zero-order valence-electron chi connectivity index (χ0n) is 14.8. The SMILES string of the molecule is CCC(=O)C1=C(O)C(=O)N(Cc2cccc(OC)c2)C1c1ccccc1. The Bertz CT molecular complexity index is 857. The van der Waals surface area contributed by atoms with Crippen molar-refractivity contribution in [2.24, 2.45) is 0 Å². The van der Waals surface area contributed by atoms with Gasteiger partial charge in [0.1, 0.15) is 5.75 Å². The summed E-state index contributed by atoms with van der Waals surface area (Å²) in [5.41, 5.74) is 1.83. The molecule has 0 bridgehead atoms. The van der Waals surface area contributed by atoms with Crippen LogP contribution in [-0.4, -0.2) is 28.8 Å². The van der Waals surface area contributed by atoms with Gasteiger partial charge in [-0.25, -0.2) is 0 Å². The lowest BCUT2D eigenvalue weighted by molar-refractivity contribution is -0.130. The lowest BCUT2D eigenvalue weighted by atomic mass is 9.95. The van der Waals surface area contributed by atoms with Crippen molar-refractivity contribution in [3.05, 3.63) is 77.1 Å². The standard InChI is InChI=1S/C21H21NO4/c1-3-17(23)18-19(15-9-5-4-6-10-15)22(21(25)20(18)24)13-14-8-7-11-16(12-14)26-2/h4-12,19,24H,3,13H2,1-2H3. The zero-order chi connectivity index (χ0) is 18.7. The number of nitrogens with zero attached hydrogens (tertiary/aromatic N) is 1. The molecule has 1 heterocycles. The molecule has 1 aliphatic heterocycles. The molecule has 1 atom stereocenters. The average molecular weight is 351 g/mol. The van der Waals surface area contributed by atoms with Crippen LogP contribution in [0.3, 0.4) is 0 Å². The molecule has 0 aromatic heterocycles. The summed E-state index contributed by atoms with van der Waals surface area (Å²) in [6.07, 6.45) is 0.225. The predicted octanol–water partition coefficient (Wildman–Crippen LogP) is 3.57. The topological polar surface area (TPSA) is 66.8 Å². The fourth-order valence-corrected chi connectivity index (χ4v) is 3.24. The Balaban J connectivity index is 2.02. The van der Waals surface area contributed by atoms with Crippen LogP contribution in [0.25, 0.3) is 0 Å². The highest BCUT2D eigenvalue weighted by molar-refractivity contribution is 6.08. The summed E-state index contributed by atoms with van der Waals surface area (Å²) in [6.45, 7) is 1.99. The van der Waals surface area contributed by atoms with Crippen molar-refractivity contribution in [1.82, 2.24) is 4.90 Å². The summed E-state index contributed by atoms with van der Waals surface area (Å²) < 4.78 is 5.24. The molecular weight excluding hydrogens is 330 g/mol. The molecule has 0 fully saturated rings. The number of ketones is 1. The van der Waals surface area contributed by atoms with Gasteiger partial charge in [0.15, 0.2) is 11.5 Å². The van der Waals surface area contributed by atoms with Crippen molar-refractivity contribution in [1.29, 1.82) is 0 Å². The van der Waals surface area contributed by atoms with Gasteiger partial charge in [0.2, 0.25) is 0 Å². The van der Waals surface area contributed by atoms with Crippen LogP contribution in [0, 0.1) is 0 Å². The van der Waals surface area contributed by atoms with E-state index in [-0.39, 0.29) is 24.3 Å². The number of hydrogen-bond donors (Lipinski definition) is 1. The Morgan fingerprint density at radius 3 is 2.54 bits per heavy atom. The summed E-state index contributed by atoms with van der Waals surface area (Å²) in [6, 6.07) is 16.1. The number of carbonyl (C=O) groups excluding carboxylic acids is 2. The molecule has 3 rings (SSSR count). The second kappa shape index (κ2) is 7.44. The van der Waals surface area contributed by atoms with Gasteiger partial charge in [-0.1, -0.05) is 49.4 Å². The molecule has 26 heavy (non-hydrogen) atoms. The molecule has 0 saturated heterocycles. The van der Waals surface area contributed by atoms with Crippen LogP contribution in [0.2, 0.25) is 0 Å². The largest absolute Gasteiger partial charge is 0.503 e. The highest BCUT2D eigenvalue weighted by Crippen LogP contribution is 2.39. The van der Waals surface area contributed by atoms with E-state index in [1.807, 2.05) is 54.6 Å². The van der Waals surface area contributed by atoms with Gasteiger partial charge in [0, 0.05) is 13.0 Å². The fraction of sp³-hybridized carbons (Fsp3) is 0.238. The maximum absolute atomic E-state index is 12.7. The van der Waals surface area contributed by atoms with Gasteiger partial charge in [0.25, 0.3) is 5.91 Å². The molecule has 134 valence electrons. The smallest absolute Gasteiger partial charge is 0.290 e. The number of Topliss-reactive ketones (excluding diaryl/α,β-unsaturated/α-hetero) is 1. The number of carbonyl (C=O) groups is 2. The molecule has 2 aromatic rings. The number of benzene rings is 2. The summed E-state index contributed by atoms with van der Waals surface area (Å²) in [5.74, 6) is -0.516. The van der Waals surface area contributed by atoms with Crippen molar-refractivity contribution in [3.8, 4) is 5.75 Å². The molecule has 5 nitrogen and oxygen atoms in total. The van der Waals surface area contributed by atoms with Crippen LogP contribution in [0.4, 0.5) is 0 Å². The quantitative estimate of drug-likeness (QED) is 0.864. The number of amides is 1. The van der Waals surface area contributed by atoms with Crippen LogP contribution >= 0.6 is 0 Å². The summed E-state index contributed by atoms with van der Waals surface area (Å²) in [7, 11) is 1.58. The first-order valence-electron chi connectivity index (χ1n) is 8.52. The van der Waals surface area contributed by atoms with Crippen LogP contribution in [-0.2, 0) is 16.1 Å². The van der Waals surface area contributed by atoms with Crippen molar-refractivity contribution >= 4 is 11.7 Å². The fourth-order valence-electron chi connectivity index (χ4n) is 3.24. The molecule has 0 saturated carbocycles. The van der Waals surface area contributed by atoms with E-state index in [4.69, 9.17) is 4.74 Å². The van der Waals surface area contributed by atoms with E-state index >= 15 is 0 Å². The normalized spacial score (nSPS) is 16.9. The van der Waals surface area contributed by atoms with E-state index < -0.39 is 17.7 Å². The van der Waals surface area contributed by atoms with Gasteiger partial charge < -0.3 is 14.7 Å². The monoisotopic (exact) mass is 351 g/mol. The predicted molar refractivity (Wildman–Crippen MR) is 97.7 cm³/mol. The third-order valence-electron chi connectivity index (χ3n) is 4.53. The highest BCUT2D eigenvalue weighted by atomic mass is 16.5. The van der Waals surface area contributed by atoms with E-state index in [0.29, 0.717) is 5.75 Å². The first kappa shape index (κ1) is 17.7. The lowest BCUT2D eigenvalue weighted by Gasteiger charge is -2.27. The maximum Gasteiger partial charge on any atom is 0.290 e. The van der Waals surface area contributed by atoms with Crippen LogP contribution in [0.1, 0.15) is 30.5 Å².